The minimum absolute atomic E-state index is 0.0296. The van der Waals surface area contributed by atoms with Crippen LogP contribution in [0.2, 0.25) is 10.0 Å². The molecule has 0 saturated carbocycles. The fourth-order valence-electron chi connectivity index (χ4n) is 3.28. The number of esters is 1. The molecule has 0 saturated heterocycles. The number of hydrogen-bond acceptors (Lipinski definition) is 6. The number of rotatable bonds is 7. The van der Waals surface area contributed by atoms with Gasteiger partial charge in [-0.3, -0.25) is 19.3 Å². The second-order valence-electron chi connectivity index (χ2n) is 7.72. The van der Waals surface area contributed by atoms with Crippen molar-refractivity contribution in [3.05, 3.63) is 57.7 Å². The molecule has 1 N–H and O–H groups in total. The van der Waals surface area contributed by atoms with Crippen molar-refractivity contribution in [1.82, 2.24) is 9.88 Å². The highest BCUT2D eigenvalue weighted by molar-refractivity contribution is 6.36. The van der Waals surface area contributed by atoms with E-state index in [4.69, 9.17) is 27.9 Å². The summed E-state index contributed by atoms with van der Waals surface area (Å²) in [7, 11) is 0. The number of halogens is 2. The molecule has 32 heavy (non-hydrogen) atoms. The maximum absolute atomic E-state index is 13.0. The van der Waals surface area contributed by atoms with Crippen LogP contribution in [0.4, 0.5) is 5.82 Å². The van der Waals surface area contributed by atoms with Gasteiger partial charge in [0.05, 0.1) is 21.2 Å². The van der Waals surface area contributed by atoms with Crippen LogP contribution >= 0.6 is 23.2 Å². The van der Waals surface area contributed by atoms with Crippen LogP contribution in [-0.4, -0.2) is 45.7 Å². The van der Waals surface area contributed by atoms with Gasteiger partial charge < -0.3 is 10.1 Å². The molecule has 0 aliphatic carbocycles. The summed E-state index contributed by atoms with van der Waals surface area (Å²) in [5, 5.41) is 2.87. The van der Waals surface area contributed by atoms with Gasteiger partial charge in [0.2, 0.25) is 0 Å². The first-order valence-corrected chi connectivity index (χ1v) is 10.6. The van der Waals surface area contributed by atoms with Crippen LogP contribution in [0.3, 0.4) is 0 Å². The molecule has 0 spiro atoms. The number of ether oxygens (including phenoxy) is 1. The first-order valence-electron chi connectivity index (χ1n) is 9.89. The van der Waals surface area contributed by atoms with Crippen LogP contribution in [0.25, 0.3) is 0 Å². The van der Waals surface area contributed by atoms with Crippen molar-refractivity contribution in [2.45, 2.75) is 39.3 Å². The molecule has 1 aliphatic rings. The van der Waals surface area contributed by atoms with Gasteiger partial charge in [-0.25, -0.2) is 9.78 Å². The lowest BCUT2D eigenvalue weighted by Crippen LogP contribution is -2.48. The Morgan fingerprint density at radius 3 is 2.22 bits per heavy atom. The molecule has 0 bridgehead atoms. The maximum Gasteiger partial charge on any atom is 0.330 e. The summed E-state index contributed by atoms with van der Waals surface area (Å²) in [4.78, 5) is 56.0. The summed E-state index contributed by atoms with van der Waals surface area (Å²) in [6.45, 7) is 5.07. The quantitative estimate of drug-likeness (QED) is 0.477. The molecule has 1 aliphatic heterocycles. The molecule has 3 rings (SSSR count). The third-order valence-electron chi connectivity index (χ3n) is 4.82. The molecule has 2 aromatic rings. The fourth-order valence-corrected chi connectivity index (χ4v) is 3.70. The third-order valence-corrected chi connectivity index (χ3v) is 5.31. The Bertz CT molecular complexity index is 1050. The van der Waals surface area contributed by atoms with Crippen molar-refractivity contribution >= 4 is 52.7 Å². The Kier molecular flexibility index (Phi) is 7.16. The second kappa shape index (κ2) is 9.67. The number of carbonyl (C=O) groups is 4. The summed E-state index contributed by atoms with van der Waals surface area (Å²) in [5.41, 5.74) is 0.460. The SMILES string of the molecule is CC(C)CC(C(=O)OC(C)C(=O)Nc1ncc(Cl)cc1Cl)N1C(=O)c2ccccc2C1=O. The van der Waals surface area contributed by atoms with E-state index >= 15 is 0 Å². The van der Waals surface area contributed by atoms with E-state index in [0.717, 1.165) is 4.90 Å². The van der Waals surface area contributed by atoms with Crippen LogP contribution in [0, 0.1) is 5.92 Å². The molecule has 10 heteroatoms. The van der Waals surface area contributed by atoms with Crippen LogP contribution in [-0.2, 0) is 14.3 Å². The number of nitrogens with one attached hydrogen (secondary N) is 1. The average Bonchev–Trinajstić information content (AvgIpc) is 2.98. The number of nitrogens with zero attached hydrogens (tertiary/aromatic N) is 2. The zero-order valence-corrected chi connectivity index (χ0v) is 19.1. The molecule has 3 amide bonds. The number of benzene rings is 1. The minimum atomic E-state index is -1.24. The molecular formula is C22H21Cl2N3O5. The molecule has 0 radical (unpaired) electrons. The van der Waals surface area contributed by atoms with Gasteiger partial charge in [-0.1, -0.05) is 49.2 Å². The van der Waals surface area contributed by atoms with Crippen molar-refractivity contribution in [3.63, 3.8) is 0 Å². The summed E-state index contributed by atoms with van der Waals surface area (Å²) in [6.07, 6.45) is 0.255. The van der Waals surface area contributed by atoms with Crippen LogP contribution in [0.5, 0.6) is 0 Å². The minimum Gasteiger partial charge on any atom is -0.451 e. The predicted octanol–water partition coefficient (Wildman–Crippen LogP) is 3.97. The number of imide groups is 1. The lowest BCUT2D eigenvalue weighted by Gasteiger charge is -2.27. The standard InChI is InChI=1S/C22H21Cl2N3O5/c1-11(2)8-17(27-20(29)14-6-4-5-7-15(14)21(27)30)22(31)32-12(3)19(28)26-18-16(24)9-13(23)10-25-18/h4-7,9-12,17H,8H2,1-3H3,(H,25,26,28). The highest BCUT2D eigenvalue weighted by Crippen LogP contribution is 2.28. The predicted molar refractivity (Wildman–Crippen MR) is 119 cm³/mol. The van der Waals surface area contributed by atoms with Gasteiger partial charge in [-0.2, -0.15) is 0 Å². The van der Waals surface area contributed by atoms with E-state index in [1.165, 1.54) is 31.3 Å². The molecular weight excluding hydrogens is 457 g/mol. The van der Waals surface area contributed by atoms with Gasteiger partial charge in [0.25, 0.3) is 17.7 Å². The van der Waals surface area contributed by atoms with Gasteiger partial charge in [-0.05, 0) is 37.5 Å². The van der Waals surface area contributed by atoms with Crippen LogP contribution < -0.4 is 5.32 Å². The molecule has 1 aromatic carbocycles. The number of anilines is 1. The van der Waals surface area contributed by atoms with Crippen LogP contribution in [0.15, 0.2) is 36.5 Å². The van der Waals surface area contributed by atoms with E-state index in [9.17, 15) is 19.2 Å². The van der Waals surface area contributed by atoms with Crippen molar-refractivity contribution in [2.24, 2.45) is 5.92 Å². The van der Waals surface area contributed by atoms with Crippen LogP contribution in [0.1, 0.15) is 47.9 Å². The highest BCUT2D eigenvalue weighted by Gasteiger charge is 2.44. The summed E-state index contributed by atoms with van der Waals surface area (Å²) in [6, 6.07) is 6.59. The lowest BCUT2D eigenvalue weighted by atomic mass is 10.0. The van der Waals surface area contributed by atoms with E-state index in [-0.39, 0.29) is 34.3 Å². The largest absolute Gasteiger partial charge is 0.451 e. The number of hydrogen-bond donors (Lipinski definition) is 1. The number of carbonyl (C=O) groups excluding carboxylic acids is 4. The number of amides is 3. The maximum atomic E-state index is 13.0. The Labute approximate surface area is 194 Å². The van der Waals surface area contributed by atoms with Crippen molar-refractivity contribution in [2.75, 3.05) is 5.32 Å². The van der Waals surface area contributed by atoms with Gasteiger partial charge >= 0.3 is 5.97 Å². The zero-order valence-electron chi connectivity index (χ0n) is 17.6. The van der Waals surface area contributed by atoms with E-state index < -0.39 is 35.8 Å². The van der Waals surface area contributed by atoms with Crippen molar-refractivity contribution in [1.29, 1.82) is 0 Å². The van der Waals surface area contributed by atoms with E-state index in [1.54, 1.807) is 12.1 Å². The monoisotopic (exact) mass is 477 g/mol. The summed E-state index contributed by atoms with van der Waals surface area (Å²) in [5.74, 6) is -2.64. The van der Waals surface area contributed by atoms with Gasteiger partial charge in [0, 0.05) is 6.20 Å². The third kappa shape index (κ3) is 4.92. The van der Waals surface area contributed by atoms with Gasteiger partial charge in [-0.15, -0.1) is 0 Å². The number of aromatic nitrogens is 1. The van der Waals surface area contributed by atoms with E-state index in [0.29, 0.717) is 5.02 Å². The first kappa shape index (κ1) is 23.7. The normalized spacial score (nSPS) is 14.9. The molecule has 168 valence electrons. The lowest BCUT2D eigenvalue weighted by molar-refractivity contribution is -0.157. The van der Waals surface area contributed by atoms with Crippen molar-refractivity contribution in [3.8, 4) is 0 Å². The zero-order chi connectivity index (χ0) is 23.6. The summed E-state index contributed by atoms with van der Waals surface area (Å²) >= 11 is 11.8. The molecule has 2 heterocycles. The van der Waals surface area contributed by atoms with Gasteiger partial charge in [0.1, 0.15) is 6.04 Å². The Morgan fingerprint density at radius 1 is 1.09 bits per heavy atom. The number of pyridine rings is 1. The topological polar surface area (TPSA) is 106 Å². The van der Waals surface area contributed by atoms with E-state index in [1.807, 2.05) is 13.8 Å². The molecule has 8 nitrogen and oxygen atoms in total. The Hall–Kier alpha value is -2.97. The van der Waals surface area contributed by atoms with Crippen molar-refractivity contribution < 1.29 is 23.9 Å². The fraction of sp³-hybridized carbons (Fsp3) is 0.318. The first-order chi connectivity index (χ1) is 15.1. The second-order valence-corrected chi connectivity index (χ2v) is 8.57. The molecule has 2 unspecified atom stereocenters. The smallest absolute Gasteiger partial charge is 0.330 e. The van der Waals surface area contributed by atoms with E-state index in [2.05, 4.69) is 10.3 Å². The number of fused-ring (bicyclic) bond motifs is 1. The molecule has 2 atom stereocenters. The Balaban J connectivity index is 1.76. The highest BCUT2D eigenvalue weighted by atomic mass is 35.5. The molecule has 1 aromatic heterocycles. The van der Waals surface area contributed by atoms with Gasteiger partial charge in [0.15, 0.2) is 11.9 Å². The Morgan fingerprint density at radius 2 is 1.69 bits per heavy atom. The summed E-state index contributed by atoms with van der Waals surface area (Å²) < 4.78 is 5.32. The molecule has 0 fully saturated rings. The average molecular weight is 478 g/mol.